The molecule has 0 amide bonds. The molecule has 1 aromatic heterocycles. The van der Waals surface area contributed by atoms with Gasteiger partial charge in [0.2, 0.25) is 0 Å². The SMILES string of the molecule is COc1ccc(C)cc1COC(=O)/C=C/c1c(C)nn(Cc2ccc(C)cc2)c1Cl. The fraction of sp³-hybridized carbons (Fsp3) is 0.250. The lowest BCUT2D eigenvalue weighted by Gasteiger charge is -2.09. The van der Waals surface area contributed by atoms with Crippen LogP contribution in [0.1, 0.15) is 33.5 Å². The summed E-state index contributed by atoms with van der Waals surface area (Å²) in [5.41, 5.74) is 5.64. The van der Waals surface area contributed by atoms with Crippen LogP contribution in [0.5, 0.6) is 5.75 Å². The molecule has 0 unspecified atom stereocenters. The minimum Gasteiger partial charge on any atom is -0.496 e. The lowest BCUT2D eigenvalue weighted by molar-refractivity contribution is -0.138. The Hall–Kier alpha value is -3.05. The van der Waals surface area contributed by atoms with Gasteiger partial charge in [-0.2, -0.15) is 5.10 Å². The van der Waals surface area contributed by atoms with Gasteiger partial charge in [0.05, 0.1) is 19.3 Å². The molecule has 156 valence electrons. The summed E-state index contributed by atoms with van der Waals surface area (Å²) in [7, 11) is 1.59. The second kappa shape index (κ2) is 9.63. The Labute approximate surface area is 181 Å². The van der Waals surface area contributed by atoms with Gasteiger partial charge in [-0.25, -0.2) is 9.48 Å². The molecular formula is C24H25ClN2O3. The van der Waals surface area contributed by atoms with E-state index in [0.29, 0.717) is 23.0 Å². The molecule has 0 spiro atoms. The molecule has 1 heterocycles. The number of benzene rings is 2. The first-order chi connectivity index (χ1) is 14.4. The van der Waals surface area contributed by atoms with E-state index in [1.54, 1.807) is 17.9 Å². The number of esters is 1. The zero-order chi connectivity index (χ0) is 21.7. The smallest absolute Gasteiger partial charge is 0.331 e. The lowest BCUT2D eigenvalue weighted by Crippen LogP contribution is -2.03. The topological polar surface area (TPSA) is 53.4 Å². The molecule has 0 saturated carbocycles. The van der Waals surface area contributed by atoms with Crippen molar-refractivity contribution < 1.29 is 14.3 Å². The van der Waals surface area contributed by atoms with Crippen molar-refractivity contribution in [2.45, 2.75) is 33.9 Å². The van der Waals surface area contributed by atoms with Crippen LogP contribution in [0.3, 0.4) is 0 Å². The molecule has 0 bridgehead atoms. The predicted octanol–water partition coefficient (Wildman–Crippen LogP) is 5.28. The Morgan fingerprint density at radius 1 is 1.10 bits per heavy atom. The fourth-order valence-electron chi connectivity index (χ4n) is 3.10. The largest absolute Gasteiger partial charge is 0.496 e. The van der Waals surface area contributed by atoms with Gasteiger partial charge in [0.1, 0.15) is 17.5 Å². The molecule has 0 aliphatic carbocycles. The maximum atomic E-state index is 12.2. The Bertz CT molecular complexity index is 1070. The lowest BCUT2D eigenvalue weighted by atomic mass is 10.1. The fourth-order valence-corrected chi connectivity index (χ4v) is 3.39. The highest BCUT2D eigenvalue weighted by Gasteiger charge is 2.12. The summed E-state index contributed by atoms with van der Waals surface area (Å²) in [4.78, 5) is 12.2. The number of nitrogens with zero attached hydrogens (tertiary/aromatic N) is 2. The van der Waals surface area contributed by atoms with Crippen LogP contribution in [0, 0.1) is 20.8 Å². The second-order valence-electron chi connectivity index (χ2n) is 7.19. The highest BCUT2D eigenvalue weighted by Crippen LogP contribution is 2.23. The van der Waals surface area contributed by atoms with Crippen molar-refractivity contribution in [2.75, 3.05) is 7.11 Å². The van der Waals surface area contributed by atoms with E-state index in [9.17, 15) is 4.79 Å². The van der Waals surface area contributed by atoms with Gasteiger partial charge in [0, 0.05) is 17.2 Å². The molecule has 0 aliphatic heterocycles. The Morgan fingerprint density at radius 2 is 1.80 bits per heavy atom. The summed E-state index contributed by atoms with van der Waals surface area (Å²) >= 11 is 6.50. The molecule has 0 atom stereocenters. The van der Waals surface area contributed by atoms with E-state index in [4.69, 9.17) is 21.1 Å². The van der Waals surface area contributed by atoms with Gasteiger partial charge in [-0.1, -0.05) is 53.1 Å². The summed E-state index contributed by atoms with van der Waals surface area (Å²) in [5.74, 6) is 0.231. The van der Waals surface area contributed by atoms with Crippen molar-refractivity contribution in [2.24, 2.45) is 0 Å². The van der Waals surface area contributed by atoms with E-state index in [1.807, 2.05) is 39.0 Å². The summed E-state index contributed by atoms with van der Waals surface area (Å²) in [6, 6.07) is 14.0. The first-order valence-electron chi connectivity index (χ1n) is 9.64. The summed E-state index contributed by atoms with van der Waals surface area (Å²) < 4.78 is 12.4. The summed E-state index contributed by atoms with van der Waals surface area (Å²) in [5, 5.41) is 4.98. The van der Waals surface area contributed by atoms with Crippen LogP contribution >= 0.6 is 11.6 Å². The summed E-state index contributed by atoms with van der Waals surface area (Å²) in [6.45, 7) is 6.58. The van der Waals surface area contributed by atoms with E-state index < -0.39 is 5.97 Å². The van der Waals surface area contributed by atoms with Gasteiger partial charge in [0.25, 0.3) is 0 Å². The third kappa shape index (κ3) is 5.30. The minimum absolute atomic E-state index is 0.132. The molecular weight excluding hydrogens is 400 g/mol. The Morgan fingerprint density at radius 3 is 2.50 bits per heavy atom. The van der Waals surface area contributed by atoms with Crippen molar-refractivity contribution >= 4 is 23.6 Å². The maximum absolute atomic E-state index is 12.2. The molecule has 0 radical (unpaired) electrons. The third-order valence-electron chi connectivity index (χ3n) is 4.75. The maximum Gasteiger partial charge on any atom is 0.331 e. The van der Waals surface area contributed by atoms with E-state index in [1.165, 1.54) is 11.6 Å². The highest BCUT2D eigenvalue weighted by atomic mass is 35.5. The predicted molar refractivity (Wildman–Crippen MR) is 119 cm³/mol. The van der Waals surface area contributed by atoms with Crippen LogP contribution in [0.25, 0.3) is 6.08 Å². The van der Waals surface area contributed by atoms with Crippen LogP contribution < -0.4 is 4.74 Å². The van der Waals surface area contributed by atoms with Crippen LogP contribution in [0.4, 0.5) is 0 Å². The quantitative estimate of drug-likeness (QED) is 0.382. The molecule has 30 heavy (non-hydrogen) atoms. The summed E-state index contributed by atoms with van der Waals surface area (Å²) in [6.07, 6.45) is 3.01. The molecule has 6 heteroatoms. The van der Waals surface area contributed by atoms with Gasteiger partial charge < -0.3 is 9.47 Å². The molecule has 3 aromatic rings. The number of aryl methyl sites for hydroxylation is 3. The van der Waals surface area contributed by atoms with Gasteiger partial charge in [-0.15, -0.1) is 0 Å². The number of aromatic nitrogens is 2. The van der Waals surface area contributed by atoms with Crippen LogP contribution in [-0.4, -0.2) is 22.9 Å². The van der Waals surface area contributed by atoms with Crippen molar-refractivity contribution in [3.63, 3.8) is 0 Å². The standard InChI is InChI=1S/C24H25ClN2O3/c1-16-5-8-19(9-6-16)14-27-24(25)21(18(3)26-27)10-12-23(28)30-15-20-13-17(2)7-11-22(20)29-4/h5-13H,14-15H2,1-4H3/b12-10+. The number of rotatable bonds is 7. The van der Waals surface area contributed by atoms with Gasteiger partial charge in [0.15, 0.2) is 0 Å². The Kier molecular flexibility index (Phi) is 6.95. The Balaban J connectivity index is 1.67. The highest BCUT2D eigenvalue weighted by molar-refractivity contribution is 6.31. The molecule has 5 nitrogen and oxygen atoms in total. The first-order valence-corrected chi connectivity index (χ1v) is 10.0. The average molecular weight is 425 g/mol. The average Bonchev–Trinajstić information content (AvgIpc) is 2.99. The van der Waals surface area contributed by atoms with Crippen molar-refractivity contribution in [1.82, 2.24) is 9.78 Å². The van der Waals surface area contributed by atoms with Crippen LogP contribution in [-0.2, 0) is 22.7 Å². The molecule has 3 rings (SSSR count). The first kappa shape index (κ1) is 21.7. The van der Waals surface area contributed by atoms with Crippen molar-refractivity contribution in [3.05, 3.63) is 87.2 Å². The molecule has 2 aromatic carbocycles. The van der Waals surface area contributed by atoms with E-state index in [2.05, 4.69) is 29.4 Å². The zero-order valence-corrected chi connectivity index (χ0v) is 18.4. The van der Waals surface area contributed by atoms with Gasteiger partial charge in [-0.05, 0) is 44.5 Å². The van der Waals surface area contributed by atoms with Crippen LogP contribution in [0.15, 0.2) is 48.5 Å². The molecule has 0 saturated heterocycles. The molecule has 0 fully saturated rings. The van der Waals surface area contributed by atoms with Gasteiger partial charge >= 0.3 is 5.97 Å². The monoisotopic (exact) mass is 424 g/mol. The molecule has 0 N–H and O–H groups in total. The molecule has 0 aliphatic rings. The number of hydrogen-bond donors (Lipinski definition) is 0. The number of ether oxygens (including phenoxy) is 2. The van der Waals surface area contributed by atoms with E-state index in [0.717, 1.165) is 22.4 Å². The third-order valence-corrected chi connectivity index (χ3v) is 5.15. The second-order valence-corrected chi connectivity index (χ2v) is 7.55. The zero-order valence-electron chi connectivity index (χ0n) is 17.6. The van der Waals surface area contributed by atoms with Crippen molar-refractivity contribution in [1.29, 1.82) is 0 Å². The van der Waals surface area contributed by atoms with Gasteiger partial charge in [-0.3, -0.25) is 0 Å². The van der Waals surface area contributed by atoms with E-state index in [-0.39, 0.29) is 6.61 Å². The van der Waals surface area contributed by atoms with Crippen LogP contribution in [0.2, 0.25) is 5.15 Å². The number of carbonyl (C=O) groups excluding carboxylic acids is 1. The van der Waals surface area contributed by atoms with Crippen molar-refractivity contribution in [3.8, 4) is 5.75 Å². The van der Waals surface area contributed by atoms with E-state index >= 15 is 0 Å². The number of methoxy groups -OCH3 is 1. The number of halogens is 1. The minimum atomic E-state index is -0.458. The number of carbonyl (C=O) groups is 1. The number of hydrogen-bond acceptors (Lipinski definition) is 4. The normalized spacial score (nSPS) is 11.1.